The van der Waals surface area contributed by atoms with Crippen LogP contribution in [0.15, 0.2) is 35.2 Å². The first-order valence-electron chi connectivity index (χ1n) is 6.12. The highest BCUT2D eigenvalue weighted by molar-refractivity contribution is 7.92. The summed E-state index contributed by atoms with van der Waals surface area (Å²) in [5.74, 6) is 0.740. The first kappa shape index (κ1) is 10.1. The summed E-state index contributed by atoms with van der Waals surface area (Å²) in [6.07, 6.45) is 2.48. The number of sulfone groups is 1. The lowest BCUT2D eigenvalue weighted by atomic mass is 10.0. The van der Waals surface area contributed by atoms with Crippen LogP contribution in [-0.2, 0) is 14.6 Å². The van der Waals surface area contributed by atoms with E-state index >= 15 is 0 Å². The molecule has 17 heavy (non-hydrogen) atoms. The predicted molar refractivity (Wildman–Crippen MR) is 62.3 cm³/mol. The number of hydrogen-bond acceptors (Lipinski definition) is 3. The first-order valence-corrected chi connectivity index (χ1v) is 7.67. The molecule has 1 aromatic rings. The fraction of sp³-hybridized carbons (Fsp3) is 0.538. The minimum Gasteiger partial charge on any atom is -0.369 e. The topological polar surface area (TPSA) is 46.7 Å². The fourth-order valence-corrected chi connectivity index (χ4v) is 5.80. The standard InChI is InChI=1S/C13H14O3S/c14-17(15,9-4-2-1-3-5-9)11-7-8-6-10(11)13-12(8)16-13/h1-5,8,10-13H,6-7H2. The Morgan fingerprint density at radius 3 is 2.47 bits per heavy atom. The molecule has 0 amide bonds. The Kier molecular flexibility index (Phi) is 1.85. The molecule has 0 radical (unpaired) electrons. The van der Waals surface area contributed by atoms with Gasteiger partial charge in [-0.1, -0.05) is 18.2 Å². The summed E-state index contributed by atoms with van der Waals surface area (Å²) in [5.41, 5.74) is 0. The molecule has 5 unspecified atom stereocenters. The second-order valence-electron chi connectivity index (χ2n) is 5.36. The van der Waals surface area contributed by atoms with Crippen LogP contribution in [0, 0.1) is 11.8 Å². The van der Waals surface area contributed by atoms with E-state index in [-0.39, 0.29) is 17.3 Å². The number of ether oxygens (including phenoxy) is 1. The SMILES string of the molecule is O=S(=O)(c1ccccc1)C1CC2CC1C1OC21. The van der Waals surface area contributed by atoms with Gasteiger partial charge in [0, 0.05) is 5.92 Å². The Morgan fingerprint density at radius 1 is 1.06 bits per heavy atom. The maximum Gasteiger partial charge on any atom is 0.181 e. The maximum absolute atomic E-state index is 12.5. The van der Waals surface area contributed by atoms with Crippen LogP contribution in [0.1, 0.15) is 12.8 Å². The molecule has 0 N–H and O–H groups in total. The van der Waals surface area contributed by atoms with Gasteiger partial charge in [-0.15, -0.1) is 0 Å². The van der Waals surface area contributed by atoms with Crippen LogP contribution in [0.2, 0.25) is 0 Å². The second-order valence-corrected chi connectivity index (χ2v) is 7.52. The van der Waals surface area contributed by atoms with Crippen molar-refractivity contribution in [1.29, 1.82) is 0 Å². The van der Waals surface area contributed by atoms with E-state index in [1.807, 2.05) is 6.07 Å². The predicted octanol–water partition coefficient (Wildman–Crippen LogP) is 1.64. The van der Waals surface area contributed by atoms with E-state index in [4.69, 9.17) is 4.74 Å². The van der Waals surface area contributed by atoms with Crippen LogP contribution < -0.4 is 0 Å². The van der Waals surface area contributed by atoms with Crippen molar-refractivity contribution in [2.24, 2.45) is 11.8 Å². The first-order chi connectivity index (χ1) is 8.18. The molecule has 4 heteroatoms. The van der Waals surface area contributed by atoms with Crippen molar-refractivity contribution in [3.8, 4) is 0 Å². The Labute approximate surface area is 101 Å². The van der Waals surface area contributed by atoms with Gasteiger partial charge in [-0.05, 0) is 30.9 Å². The molecule has 1 heterocycles. The van der Waals surface area contributed by atoms with Gasteiger partial charge in [-0.3, -0.25) is 0 Å². The molecule has 4 rings (SSSR count). The number of fused-ring (bicyclic) bond motifs is 5. The molecule has 1 aliphatic heterocycles. The van der Waals surface area contributed by atoms with Crippen molar-refractivity contribution in [1.82, 2.24) is 0 Å². The summed E-state index contributed by atoms with van der Waals surface area (Å²) >= 11 is 0. The highest BCUT2D eigenvalue weighted by Gasteiger charge is 2.65. The van der Waals surface area contributed by atoms with Crippen molar-refractivity contribution in [3.63, 3.8) is 0 Å². The molecule has 1 saturated heterocycles. The van der Waals surface area contributed by atoms with E-state index < -0.39 is 9.84 Å². The van der Waals surface area contributed by atoms with Crippen LogP contribution in [0.3, 0.4) is 0 Å². The quantitative estimate of drug-likeness (QED) is 0.750. The van der Waals surface area contributed by atoms with Gasteiger partial charge in [0.2, 0.25) is 0 Å². The third-order valence-electron chi connectivity index (χ3n) is 4.51. The molecular weight excluding hydrogens is 236 g/mol. The van der Waals surface area contributed by atoms with E-state index in [1.165, 1.54) is 0 Å². The normalized spacial score (nSPS) is 42.5. The molecule has 5 atom stereocenters. The zero-order valence-corrected chi connectivity index (χ0v) is 10.1. The molecule has 1 aromatic carbocycles. The largest absolute Gasteiger partial charge is 0.369 e. The molecule has 2 saturated carbocycles. The summed E-state index contributed by atoms with van der Waals surface area (Å²) in [5, 5.41) is -0.210. The van der Waals surface area contributed by atoms with Crippen molar-refractivity contribution in [2.45, 2.75) is 35.2 Å². The lowest BCUT2D eigenvalue weighted by molar-refractivity contribution is 0.264. The average Bonchev–Trinajstić information content (AvgIpc) is 2.95. The third kappa shape index (κ3) is 1.28. The summed E-state index contributed by atoms with van der Waals surface area (Å²) in [6.45, 7) is 0. The Bertz CT molecular complexity index is 551. The van der Waals surface area contributed by atoms with Crippen molar-refractivity contribution < 1.29 is 13.2 Å². The van der Waals surface area contributed by atoms with Crippen LogP contribution in [0.5, 0.6) is 0 Å². The Hall–Kier alpha value is -0.870. The van der Waals surface area contributed by atoms with E-state index in [9.17, 15) is 8.42 Å². The highest BCUT2D eigenvalue weighted by Crippen LogP contribution is 2.58. The lowest BCUT2D eigenvalue weighted by Crippen LogP contribution is -2.31. The molecule has 2 aliphatic carbocycles. The molecule has 3 fully saturated rings. The van der Waals surface area contributed by atoms with Crippen molar-refractivity contribution >= 4 is 9.84 Å². The summed E-state index contributed by atoms with van der Waals surface area (Å²) in [6, 6.07) is 8.83. The molecule has 3 aliphatic rings. The van der Waals surface area contributed by atoms with Gasteiger partial charge in [0.15, 0.2) is 9.84 Å². The minimum absolute atomic E-state index is 0.210. The minimum atomic E-state index is -3.16. The van der Waals surface area contributed by atoms with Crippen molar-refractivity contribution in [3.05, 3.63) is 30.3 Å². The van der Waals surface area contributed by atoms with Gasteiger partial charge in [0.25, 0.3) is 0 Å². The zero-order valence-electron chi connectivity index (χ0n) is 9.32. The van der Waals surface area contributed by atoms with Gasteiger partial charge in [-0.2, -0.15) is 0 Å². The van der Waals surface area contributed by atoms with Gasteiger partial charge >= 0.3 is 0 Å². The lowest BCUT2D eigenvalue weighted by Gasteiger charge is -2.19. The summed E-state index contributed by atoms with van der Waals surface area (Å²) in [4.78, 5) is 0.467. The molecule has 3 nitrogen and oxygen atoms in total. The smallest absolute Gasteiger partial charge is 0.181 e. The Morgan fingerprint density at radius 2 is 1.82 bits per heavy atom. The number of epoxide rings is 1. The molecule has 0 spiro atoms. The summed E-state index contributed by atoms with van der Waals surface area (Å²) in [7, 11) is -3.16. The average molecular weight is 250 g/mol. The van der Waals surface area contributed by atoms with Crippen LogP contribution >= 0.6 is 0 Å². The van der Waals surface area contributed by atoms with E-state index in [0.29, 0.717) is 16.9 Å². The van der Waals surface area contributed by atoms with E-state index in [2.05, 4.69) is 0 Å². The van der Waals surface area contributed by atoms with Gasteiger partial charge in [0.05, 0.1) is 22.4 Å². The highest BCUT2D eigenvalue weighted by atomic mass is 32.2. The maximum atomic E-state index is 12.5. The van der Waals surface area contributed by atoms with Crippen LogP contribution in [0.4, 0.5) is 0 Å². The van der Waals surface area contributed by atoms with Gasteiger partial charge < -0.3 is 4.74 Å². The molecule has 2 bridgehead atoms. The van der Waals surface area contributed by atoms with E-state index in [0.717, 1.165) is 12.8 Å². The van der Waals surface area contributed by atoms with Gasteiger partial charge in [-0.25, -0.2) is 8.42 Å². The summed E-state index contributed by atoms with van der Waals surface area (Å²) < 4.78 is 30.6. The second kappa shape index (κ2) is 3.12. The molecular formula is C13H14O3S. The van der Waals surface area contributed by atoms with E-state index in [1.54, 1.807) is 24.3 Å². The molecule has 90 valence electrons. The zero-order chi connectivity index (χ0) is 11.6. The van der Waals surface area contributed by atoms with Crippen LogP contribution in [0.25, 0.3) is 0 Å². The number of benzene rings is 1. The number of hydrogen-bond donors (Lipinski definition) is 0. The fourth-order valence-electron chi connectivity index (χ4n) is 3.69. The number of rotatable bonds is 2. The van der Waals surface area contributed by atoms with Crippen LogP contribution in [-0.4, -0.2) is 25.9 Å². The third-order valence-corrected chi connectivity index (χ3v) is 6.77. The molecule has 0 aromatic heterocycles. The monoisotopic (exact) mass is 250 g/mol. The van der Waals surface area contributed by atoms with Crippen molar-refractivity contribution in [2.75, 3.05) is 0 Å². The Balaban J connectivity index is 1.71. The van der Waals surface area contributed by atoms with Gasteiger partial charge in [0.1, 0.15) is 0 Å².